The lowest BCUT2D eigenvalue weighted by molar-refractivity contribution is -0.0501. The predicted molar refractivity (Wildman–Crippen MR) is 172 cm³/mol. The van der Waals surface area contributed by atoms with Gasteiger partial charge in [-0.25, -0.2) is 19.7 Å². The van der Waals surface area contributed by atoms with Crippen molar-refractivity contribution in [3.8, 4) is 16.9 Å². The van der Waals surface area contributed by atoms with E-state index >= 15 is 0 Å². The number of aromatic nitrogens is 4. The van der Waals surface area contributed by atoms with Gasteiger partial charge in [-0.2, -0.15) is 0 Å². The normalized spacial score (nSPS) is 19.0. The van der Waals surface area contributed by atoms with Crippen LogP contribution in [0.25, 0.3) is 22.3 Å². The number of hydrogen-bond donors (Lipinski definition) is 6. The molecular formula is C33H35N7O7. The number of nitrogen functional groups attached to an aromatic ring is 1. The Labute approximate surface area is 269 Å². The maximum absolute atomic E-state index is 12.0. The summed E-state index contributed by atoms with van der Waals surface area (Å²) < 4.78 is 18.3. The van der Waals surface area contributed by atoms with Crippen molar-refractivity contribution in [2.45, 2.75) is 37.7 Å². The summed E-state index contributed by atoms with van der Waals surface area (Å²) in [5.41, 5.74) is 10.4. The van der Waals surface area contributed by atoms with Crippen LogP contribution in [-0.4, -0.2) is 79.0 Å². The van der Waals surface area contributed by atoms with Gasteiger partial charge in [0.25, 0.3) is 0 Å². The molecule has 244 valence electrons. The average Bonchev–Trinajstić information content (AvgIpc) is 3.61. The number of carbonyl (C=O) groups is 1. The van der Waals surface area contributed by atoms with E-state index in [4.69, 9.17) is 19.9 Å². The van der Waals surface area contributed by atoms with Crippen LogP contribution >= 0.6 is 0 Å². The van der Waals surface area contributed by atoms with E-state index < -0.39 is 37.2 Å². The van der Waals surface area contributed by atoms with E-state index in [0.29, 0.717) is 36.0 Å². The number of nitrogens with one attached hydrogen (secondary N) is 2. The predicted octanol–water partition coefficient (Wildman–Crippen LogP) is 2.60. The molecule has 0 saturated carbocycles. The molecule has 3 heterocycles. The van der Waals surface area contributed by atoms with Crippen molar-refractivity contribution in [2.24, 2.45) is 0 Å². The number of aliphatic hydroxyl groups excluding tert-OH is 3. The van der Waals surface area contributed by atoms with Gasteiger partial charge in [0, 0.05) is 6.54 Å². The summed E-state index contributed by atoms with van der Waals surface area (Å²) in [6.45, 7) is 0.661. The fourth-order valence-electron chi connectivity index (χ4n) is 5.24. The molecule has 7 N–H and O–H groups in total. The van der Waals surface area contributed by atoms with Gasteiger partial charge in [-0.3, -0.25) is 4.57 Å². The topological polar surface area (TPSA) is 199 Å². The smallest absolute Gasteiger partial charge is 0.407 e. The lowest BCUT2D eigenvalue weighted by atomic mass is 10.0. The third-order valence-corrected chi connectivity index (χ3v) is 7.70. The monoisotopic (exact) mass is 641 g/mol. The Morgan fingerprint density at radius 1 is 0.957 bits per heavy atom. The summed E-state index contributed by atoms with van der Waals surface area (Å²) in [5.74, 6) is 1.12. The quantitative estimate of drug-likeness (QED) is 0.109. The molecule has 47 heavy (non-hydrogen) atoms. The van der Waals surface area contributed by atoms with Crippen molar-refractivity contribution in [3.05, 3.63) is 96.3 Å². The highest BCUT2D eigenvalue weighted by Gasteiger charge is 2.45. The molecule has 0 aliphatic carbocycles. The molecule has 0 spiro atoms. The van der Waals surface area contributed by atoms with Crippen molar-refractivity contribution in [1.29, 1.82) is 0 Å². The van der Waals surface area contributed by atoms with Gasteiger partial charge in [0.15, 0.2) is 23.2 Å². The van der Waals surface area contributed by atoms with E-state index in [1.54, 1.807) is 0 Å². The molecule has 6 rings (SSSR count). The van der Waals surface area contributed by atoms with E-state index in [9.17, 15) is 20.1 Å². The Kier molecular flexibility index (Phi) is 9.73. The number of anilines is 2. The molecule has 14 nitrogen and oxygen atoms in total. The zero-order valence-electron chi connectivity index (χ0n) is 25.3. The second-order valence-corrected chi connectivity index (χ2v) is 10.9. The molecule has 1 aliphatic heterocycles. The van der Waals surface area contributed by atoms with Gasteiger partial charge in [-0.15, -0.1) is 0 Å². The second-order valence-electron chi connectivity index (χ2n) is 10.9. The van der Waals surface area contributed by atoms with Crippen molar-refractivity contribution in [1.82, 2.24) is 24.8 Å². The van der Waals surface area contributed by atoms with Crippen LogP contribution < -0.4 is 21.1 Å². The van der Waals surface area contributed by atoms with Crippen molar-refractivity contribution in [2.75, 3.05) is 30.8 Å². The van der Waals surface area contributed by atoms with E-state index in [0.717, 1.165) is 22.3 Å². The third kappa shape index (κ3) is 7.26. The van der Waals surface area contributed by atoms with E-state index in [2.05, 4.69) is 25.6 Å². The van der Waals surface area contributed by atoms with Crippen molar-refractivity contribution in [3.63, 3.8) is 0 Å². The molecule has 5 aromatic rings. The molecule has 1 saturated heterocycles. The number of nitrogens with zero attached hydrogens (tertiary/aromatic N) is 4. The van der Waals surface area contributed by atoms with Crippen LogP contribution in [0.4, 0.5) is 16.6 Å². The minimum Gasteiger partial charge on any atom is -0.492 e. The van der Waals surface area contributed by atoms with E-state index in [1.807, 2.05) is 78.9 Å². The van der Waals surface area contributed by atoms with Gasteiger partial charge in [-0.1, -0.05) is 66.7 Å². The number of carbonyl (C=O) groups excluding carboxylic acids is 1. The molecule has 1 aliphatic rings. The van der Waals surface area contributed by atoms with Gasteiger partial charge in [-0.05, 0) is 34.4 Å². The average molecular weight is 642 g/mol. The first-order valence-corrected chi connectivity index (χ1v) is 15.0. The highest BCUT2D eigenvalue weighted by Crippen LogP contribution is 2.35. The summed E-state index contributed by atoms with van der Waals surface area (Å²) >= 11 is 0. The SMILES string of the molecule is Nc1ncnc2c1nc(NCc1ccc(-c3cccc(OCCNC(=O)OCc4ccccc4)c3)cc1)n2[C@@H]1O[C@H](CO)[C@@H](O)[C@H]1O. The summed E-state index contributed by atoms with van der Waals surface area (Å²) in [5, 5.41) is 36.5. The van der Waals surface area contributed by atoms with Crippen LogP contribution in [0.1, 0.15) is 17.4 Å². The van der Waals surface area contributed by atoms with E-state index in [-0.39, 0.29) is 19.0 Å². The Morgan fingerprint density at radius 3 is 2.53 bits per heavy atom. The van der Waals surface area contributed by atoms with Crippen LogP contribution in [0, 0.1) is 0 Å². The molecule has 0 bridgehead atoms. The number of fused-ring (bicyclic) bond motifs is 1. The lowest BCUT2D eigenvalue weighted by Gasteiger charge is -2.19. The largest absolute Gasteiger partial charge is 0.492 e. The summed E-state index contributed by atoms with van der Waals surface area (Å²) in [4.78, 5) is 24.8. The van der Waals surface area contributed by atoms with Crippen LogP contribution in [0.5, 0.6) is 5.75 Å². The van der Waals surface area contributed by atoms with Gasteiger partial charge in [0.05, 0.1) is 13.2 Å². The van der Waals surface area contributed by atoms with Crippen LogP contribution in [0.15, 0.2) is 85.2 Å². The fourth-order valence-corrected chi connectivity index (χ4v) is 5.24. The molecule has 2 aromatic heterocycles. The first-order valence-electron chi connectivity index (χ1n) is 15.0. The number of hydrogen-bond acceptors (Lipinski definition) is 12. The number of alkyl carbamates (subject to hydrolysis) is 1. The number of nitrogens with two attached hydrogens (primary N) is 1. The number of amides is 1. The Hall–Kier alpha value is -5.28. The third-order valence-electron chi connectivity index (χ3n) is 7.70. The molecule has 4 atom stereocenters. The number of imidazole rings is 1. The van der Waals surface area contributed by atoms with E-state index in [1.165, 1.54) is 10.9 Å². The summed E-state index contributed by atoms with van der Waals surface area (Å²) in [6.07, 6.45) is -3.89. The zero-order chi connectivity index (χ0) is 32.8. The van der Waals surface area contributed by atoms with Crippen molar-refractivity contribution >= 4 is 29.0 Å². The number of rotatable bonds is 12. The van der Waals surface area contributed by atoms with Crippen LogP contribution in [0.2, 0.25) is 0 Å². The minimum absolute atomic E-state index is 0.150. The highest BCUT2D eigenvalue weighted by atomic mass is 16.6. The molecule has 1 fully saturated rings. The second kappa shape index (κ2) is 14.4. The zero-order valence-corrected chi connectivity index (χ0v) is 25.3. The first kappa shape index (κ1) is 31.7. The fraction of sp³-hybridized carbons (Fsp3) is 0.273. The first-order chi connectivity index (χ1) is 22.9. The molecule has 14 heteroatoms. The van der Waals surface area contributed by atoms with Crippen LogP contribution in [-0.2, 0) is 22.6 Å². The van der Waals surface area contributed by atoms with Gasteiger partial charge < -0.3 is 45.9 Å². The number of ether oxygens (including phenoxy) is 3. The Bertz CT molecular complexity index is 1800. The number of aliphatic hydroxyl groups is 3. The van der Waals surface area contributed by atoms with Crippen molar-refractivity contribution < 1.29 is 34.3 Å². The van der Waals surface area contributed by atoms with Gasteiger partial charge in [0.2, 0.25) is 5.95 Å². The summed E-state index contributed by atoms with van der Waals surface area (Å²) in [6, 6.07) is 25.0. The van der Waals surface area contributed by atoms with Gasteiger partial charge >= 0.3 is 6.09 Å². The lowest BCUT2D eigenvalue weighted by Crippen LogP contribution is -2.33. The summed E-state index contributed by atoms with van der Waals surface area (Å²) in [7, 11) is 0. The molecule has 0 radical (unpaired) electrons. The van der Waals surface area contributed by atoms with Gasteiger partial charge in [0.1, 0.15) is 43.6 Å². The van der Waals surface area contributed by atoms with Crippen LogP contribution in [0.3, 0.4) is 0 Å². The maximum Gasteiger partial charge on any atom is 0.407 e. The highest BCUT2D eigenvalue weighted by molar-refractivity contribution is 5.84. The maximum atomic E-state index is 12.0. The molecule has 3 aromatic carbocycles. The molecule has 1 amide bonds. The standard InChI is InChI=1S/C33H35N7O7/c34-29-26-30(38-19-37-29)40(31-28(43)27(42)25(17-41)47-31)32(39-26)36-16-20-9-11-22(12-10-20)23-7-4-8-24(15-23)45-14-13-35-33(44)46-18-21-5-2-1-3-6-21/h1-12,15,19,25,27-28,31,41-43H,13-14,16-18H2,(H,35,44)(H,36,39)(H2,34,37,38)/t25-,27-,28-,31-/m1/s1. The number of benzene rings is 3. The minimum atomic E-state index is -1.34. The molecule has 0 unspecified atom stereocenters. The Balaban J connectivity index is 1.05. The molecular weight excluding hydrogens is 606 g/mol. The Morgan fingerprint density at radius 2 is 1.77 bits per heavy atom.